The van der Waals surface area contributed by atoms with Crippen LogP contribution in [0.25, 0.3) is 0 Å². The van der Waals surface area contributed by atoms with Crippen LogP contribution in [0.1, 0.15) is 20.8 Å². The van der Waals surface area contributed by atoms with Crippen molar-refractivity contribution in [3.63, 3.8) is 0 Å². The summed E-state index contributed by atoms with van der Waals surface area (Å²) >= 11 is 1.85. The number of hydrogen-bond donors (Lipinski definition) is 1. The normalized spacial score (nSPS) is 22.2. The van der Waals surface area contributed by atoms with Crippen LogP contribution in [-0.4, -0.2) is 55.2 Å². The fourth-order valence-electron chi connectivity index (χ4n) is 1.72. The Hall–Kier alpha value is 0.220. The van der Waals surface area contributed by atoms with Gasteiger partial charge in [0.2, 0.25) is 10.0 Å². The number of nitrogens with zero attached hydrogens (tertiary/aromatic N) is 1. The van der Waals surface area contributed by atoms with Gasteiger partial charge in [-0.3, -0.25) is 0 Å². The molecule has 96 valence electrons. The zero-order chi connectivity index (χ0) is 12.2. The highest BCUT2D eigenvalue weighted by Gasteiger charge is 2.33. The van der Waals surface area contributed by atoms with Crippen LogP contribution in [0.3, 0.4) is 0 Å². The highest BCUT2D eigenvalue weighted by atomic mass is 32.2. The fourth-order valence-corrected chi connectivity index (χ4v) is 4.58. The molecule has 0 aromatic rings. The topological polar surface area (TPSA) is 49.4 Å². The summed E-state index contributed by atoms with van der Waals surface area (Å²) in [6.45, 7) is 8.83. The summed E-state index contributed by atoms with van der Waals surface area (Å²) < 4.78 is 25.7. The summed E-state index contributed by atoms with van der Waals surface area (Å²) in [5, 5.41) is 3.05. The van der Waals surface area contributed by atoms with Crippen molar-refractivity contribution in [3.8, 4) is 0 Å². The number of sulfonamides is 1. The van der Waals surface area contributed by atoms with Crippen molar-refractivity contribution in [2.45, 2.75) is 25.5 Å². The highest BCUT2D eigenvalue weighted by molar-refractivity contribution is 8.00. The van der Waals surface area contributed by atoms with Crippen molar-refractivity contribution in [1.29, 1.82) is 0 Å². The summed E-state index contributed by atoms with van der Waals surface area (Å²) in [7, 11) is -3.07. The largest absolute Gasteiger partial charge is 0.316 e. The van der Waals surface area contributed by atoms with Gasteiger partial charge in [-0.2, -0.15) is 16.1 Å². The van der Waals surface area contributed by atoms with E-state index in [-0.39, 0.29) is 10.5 Å². The average Bonchev–Trinajstić information content (AvgIpc) is 2.16. The molecule has 0 aromatic carbocycles. The van der Waals surface area contributed by atoms with Crippen LogP contribution >= 0.6 is 11.8 Å². The fraction of sp³-hybridized carbons (Fsp3) is 1.00. The van der Waals surface area contributed by atoms with Crippen LogP contribution in [-0.2, 0) is 10.0 Å². The minimum absolute atomic E-state index is 0.0451. The van der Waals surface area contributed by atoms with Crippen LogP contribution in [0.2, 0.25) is 0 Å². The number of thioether (sulfide) groups is 1. The average molecular weight is 266 g/mol. The predicted octanol–water partition coefficient (Wildman–Crippen LogP) is 0.753. The second-order valence-corrected chi connectivity index (χ2v) is 8.50. The molecule has 1 rings (SSSR count). The first-order chi connectivity index (χ1) is 7.37. The van der Waals surface area contributed by atoms with Gasteiger partial charge >= 0.3 is 0 Å². The maximum atomic E-state index is 12.0. The Labute approximate surface area is 103 Å². The van der Waals surface area contributed by atoms with Gasteiger partial charge in [-0.25, -0.2) is 8.42 Å². The molecule has 0 unspecified atom stereocenters. The molecule has 4 nitrogen and oxygen atoms in total. The van der Waals surface area contributed by atoms with Crippen molar-refractivity contribution in [1.82, 2.24) is 9.62 Å². The number of nitrogens with one attached hydrogen (secondary N) is 1. The zero-order valence-corrected chi connectivity index (χ0v) is 12.0. The SMILES string of the molecule is CCNCCS(=O)(=O)N1CCSC(C)(C)C1. The summed E-state index contributed by atoms with van der Waals surface area (Å²) in [5.74, 6) is 1.11. The molecular formula is C10H22N2O2S2. The molecule has 16 heavy (non-hydrogen) atoms. The molecule has 0 atom stereocenters. The van der Waals surface area contributed by atoms with Crippen molar-refractivity contribution >= 4 is 21.8 Å². The molecule has 0 amide bonds. The molecule has 6 heteroatoms. The molecule has 0 aliphatic carbocycles. The van der Waals surface area contributed by atoms with E-state index in [2.05, 4.69) is 19.2 Å². The van der Waals surface area contributed by atoms with Crippen LogP contribution in [0.15, 0.2) is 0 Å². The zero-order valence-electron chi connectivity index (χ0n) is 10.3. The van der Waals surface area contributed by atoms with E-state index in [1.54, 1.807) is 4.31 Å². The lowest BCUT2D eigenvalue weighted by atomic mass is 10.2. The summed E-state index contributed by atoms with van der Waals surface area (Å²) in [6.07, 6.45) is 0. The van der Waals surface area contributed by atoms with Crippen LogP contribution < -0.4 is 5.32 Å². The van der Waals surface area contributed by atoms with E-state index in [0.29, 0.717) is 19.6 Å². The molecule has 1 aliphatic rings. The molecule has 1 heterocycles. The number of hydrogen-bond acceptors (Lipinski definition) is 4. The Bertz CT molecular complexity index is 315. The van der Waals surface area contributed by atoms with E-state index < -0.39 is 10.0 Å². The van der Waals surface area contributed by atoms with Gasteiger partial charge in [0, 0.05) is 30.1 Å². The van der Waals surface area contributed by atoms with Gasteiger partial charge in [0.1, 0.15) is 0 Å². The summed E-state index contributed by atoms with van der Waals surface area (Å²) in [4.78, 5) is 0. The van der Waals surface area contributed by atoms with E-state index in [1.807, 2.05) is 18.7 Å². The highest BCUT2D eigenvalue weighted by Crippen LogP contribution is 2.30. The third-order valence-corrected chi connectivity index (χ3v) is 5.69. The van der Waals surface area contributed by atoms with Gasteiger partial charge in [-0.05, 0) is 20.4 Å². The van der Waals surface area contributed by atoms with E-state index in [0.717, 1.165) is 12.3 Å². The maximum Gasteiger partial charge on any atom is 0.215 e. The summed E-state index contributed by atoms with van der Waals surface area (Å²) in [6, 6.07) is 0. The Balaban J connectivity index is 2.54. The lowest BCUT2D eigenvalue weighted by molar-refractivity contribution is 0.387. The van der Waals surface area contributed by atoms with Gasteiger partial charge in [0.25, 0.3) is 0 Å². The van der Waals surface area contributed by atoms with Gasteiger partial charge in [-0.1, -0.05) is 6.92 Å². The van der Waals surface area contributed by atoms with E-state index in [9.17, 15) is 8.42 Å². The van der Waals surface area contributed by atoms with Crippen LogP contribution in [0, 0.1) is 0 Å². The molecule has 1 saturated heterocycles. The van der Waals surface area contributed by atoms with E-state index >= 15 is 0 Å². The lowest BCUT2D eigenvalue weighted by Crippen LogP contribution is -2.47. The molecule has 0 spiro atoms. The minimum atomic E-state index is -3.07. The lowest BCUT2D eigenvalue weighted by Gasteiger charge is -2.36. The third-order valence-electron chi connectivity index (χ3n) is 2.57. The molecular weight excluding hydrogens is 244 g/mol. The molecule has 0 saturated carbocycles. The van der Waals surface area contributed by atoms with Crippen LogP contribution in [0.4, 0.5) is 0 Å². The molecule has 0 radical (unpaired) electrons. The molecule has 0 bridgehead atoms. The first kappa shape index (κ1) is 14.3. The third kappa shape index (κ3) is 4.24. The monoisotopic (exact) mass is 266 g/mol. The predicted molar refractivity (Wildman–Crippen MR) is 70.4 cm³/mol. The Morgan fingerprint density at radius 2 is 2.12 bits per heavy atom. The van der Waals surface area contributed by atoms with Crippen molar-refractivity contribution in [3.05, 3.63) is 0 Å². The smallest absolute Gasteiger partial charge is 0.215 e. The molecule has 1 N–H and O–H groups in total. The molecule has 0 aromatic heterocycles. The van der Waals surface area contributed by atoms with E-state index in [4.69, 9.17) is 0 Å². The van der Waals surface area contributed by atoms with Gasteiger partial charge < -0.3 is 5.32 Å². The van der Waals surface area contributed by atoms with Gasteiger partial charge in [0.05, 0.1) is 5.75 Å². The summed E-state index contributed by atoms with van der Waals surface area (Å²) in [5.41, 5.74) is 0. The number of rotatable bonds is 5. The molecule has 1 aliphatic heterocycles. The molecule has 1 fully saturated rings. The second kappa shape index (κ2) is 5.71. The first-order valence-electron chi connectivity index (χ1n) is 5.70. The van der Waals surface area contributed by atoms with Crippen LogP contribution in [0.5, 0.6) is 0 Å². The second-order valence-electron chi connectivity index (χ2n) is 4.61. The Kier molecular flexibility index (Phi) is 5.10. The first-order valence-corrected chi connectivity index (χ1v) is 8.29. The quantitative estimate of drug-likeness (QED) is 0.746. The van der Waals surface area contributed by atoms with Crippen molar-refractivity contribution in [2.24, 2.45) is 0 Å². The minimum Gasteiger partial charge on any atom is -0.316 e. The Morgan fingerprint density at radius 1 is 1.44 bits per heavy atom. The van der Waals surface area contributed by atoms with E-state index in [1.165, 1.54) is 0 Å². The Morgan fingerprint density at radius 3 is 2.69 bits per heavy atom. The maximum absolute atomic E-state index is 12.0. The van der Waals surface area contributed by atoms with Gasteiger partial charge in [0.15, 0.2) is 0 Å². The van der Waals surface area contributed by atoms with Crippen molar-refractivity contribution < 1.29 is 8.42 Å². The van der Waals surface area contributed by atoms with Crippen molar-refractivity contribution in [2.75, 3.05) is 37.7 Å². The van der Waals surface area contributed by atoms with Gasteiger partial charge in [-0.15, -0.1) is 0 Å². The standard InChI is InChI=1S/C10H22N2O2S2/c1-4-11-5-8-16(13,14)12-6-7-15-10(2,3)9-12/h11H,4-9H2,1-3H3.